The van der Waals surface area contributed by atoms with Crippen LogP contribution in [0.3, 0.4) is 0 Å². The van der Waals surface area contributed by atoms with E-state index in [9.17, 15) is 0 Å². The third kappa shape index (κ3) is 3.53. The van der Waals surface area contributed by atoms with Gasteiger partial charge in [0, 0.05) is 11.3 Å². The minimum atomic E-state index is 0.802. The Morgan fingerprint density at radius 3 is 2.94 bits per heavy atom. The SMILES string of the molecule is CCSC1CCCC1NCC1CC=CCC1. The fraction of sp³-hybridized carbons (Fsp3) is 0.857. The standard InChI is InChI=1S/C14H25NS/c1-2-16-14-10-6-9-13(14)15-11-12-7-4-3-5-8-12/h3-4,12-15H,2,5-11H2,1H3. The van der Waals surface area contributed by atoms with Crippen molar-refractivity contribution in [2.45, 2.75) is 56.7 Å². The van der Waals surface area contributed by atoms with Crippen LogP contribution in [0.4, 0.5) is 0 Å². The predicted octanol–water partition coefficient (Wildman–Crippen LogP) is 3.61. The molecular weight excluding hydrogens is 214 g/mol. The molecule has 0 aromatic heterocycles. The van der Waals surface area contributed by atoms with Crippen LogP contribution in [0.25, 0.3) is 0 Å². The van der Waals surface area contributed by atoms with Gasteiger partial charge in [0.15, 0.2) is 0 Å². The van der Waals surface area contributed by atoms with Crippen LogP contribution in [0.1, 0.15) is 45.4 Å². The normalized spacial score (nSPS) is 34.4. The Bertz CT molecular complexity index is 227. The number of thioether (sulfide) groups is 1. The van der Waals surface area contributed by atoms with Gasteiger partial charge >= 0.3 is 0 Å². The summed E-state index contributed by atoms with van der Waals surface area (Å²) in [7, 11) is 0. The highest BCUT2D eigenvalue weighted by atomic mass is 32.2. The van der Waals surface area contributed by atoms with Crippen LogP contribution < -0.4 is 5.32 Å². The van der Waals surface area contributed by atoms with Gasteiger partial charge in [0.25, 0.3) is 0 Å². The number of allylic oxidation sites excluding steroid dienone is 2. The summed E-state index contributed by atoms with van der Waals surface area (Å²) in [4.78, 5) is 0. The molecule has 0 bridgehead atoms. The Labute approximate surface area is 104 Å². The first-order valence-corrected chi connectivity index (χ1v) is 7.95. The molecule has 0 spiro atoms. The Balaban J connectivity index is 1.70. The Morgan fingerprint density at radius 2 is 2.19 bits per heavy atom. The monoisotopic (exact) mass is 239 g/mol. The molecule has 0 aromatic carbocycles. The minimum absolute atomic E-state index is 0.802. The maximum atomic E-state index is 3.83. The molecule has 1 saturated carbocycles. The second kappa shape index (κ2) is 6.70. The largest absolute Gasteiger partial charge is 0.313 e. The van der Waals surface area contributed by atoms with Gasteiger partial charge in [-0.15, -0.1) is 0 Å². The summed E-state index contributed by atoms with van der Waals surface area (Å²) in [6.07, 6.45) is 12.9. The van der Waals surface area contributed by atoms with Crippen LogP contribution >= 0.6 is 11.8 Å². The lowest BCUT2D eigenvalue weighted by Crippen LogP contribution is -2.37. The van der Waals surface area contributed by atoms with Crippen LogP contribution in [0.2, 0.25) is 0 Å². The highest BCUT2D eigenvalue weighted by molar-refractivity contribution is 7.99. The van der Waals surface area contributed by atoms with Gasteiger partial charge < -0.3 is 5.32 Å². The summed E-state index contributed by atoms with van der Waals surface area (Å²) in [5, 5.41) is 4.72. The molecule has 0 aliphatic heterocycles. The van der Waals surface area contributed by atoms with Crippen molar-refractivity contribution in [3.8, 4) is 0 Å². The van der Waals surface area contributed by atoms with Gasteiger partial charge in [-0.3, -0.25) is 0 Å². The van der Waals surface area contributed by atoms with Gasteiger partial charge in [-0.25, -0.2) is 0 Å². The average Bonchev–Trinajstić information content (AvgIpc) is 2.76. The molecule has 0 heterocycles. The molecule has 2 aliphatic carbocycles. The van der Waals surface area contributed by atoms with Crippen molar-refractivity contribution in [2.24, 2.45) is 5.92 Å². The molecule has 2 aliphatic rings. The van der Waals surface area contributed by atoms with E-state index in [0.29, 0.717) is 0 Å². The second-order valence-electron chi connectivity index (χ2n) is 5.09. The predicted molar refractivity (Wildman–Crippen MR) is 74.0 cm³/mol. The molecule has 1 N–H and O–H groups in total. The van der Waals surface area contributed by atoms with Crippen LogP contribution in [-0.2, 0) is 0 Å². The van der Waals surface area contributed by atoms with Gasteiger partial charge in [-0.05, 0) is 50.3 Å². The first-order chi connectivity index (χ1) is 7.90. The van der Waals surface area contributed by atoms with Gasteiger partial charge in [-0.1, -0.05) is 25.5 Å². The van der Waals surface area contributed by atoms with Gasteiger partial charge in [0.05, 0.1) is 0 Å². The maximum Gasteiger partial charge on any atom is 0.0201 e. The summed E-state index contributed by atoms with van der Waals surface area (Å²) < 4.78 is 0. The van der Waals surface area contributed by atoms with E-state index in [1.54, 1.807) is 0 Å². The van der Waals surface area contributed by atoms with Gasteiger partial charge in [0.1, 0.15) is 0 Å². The lowest BCUT2D eigenvalue weighted by molar-refractivity contribution is 0.406. The maximum absolute atomic E-state index is 3.83. The number of nitrogens with one attached hydrogen (secondary N) is 1. The molecule has 1 fully saturated rings. The molecular formula is C14H25NS. The lowest BCUT2D eigenvalue weighted by Gasteiger charge is -2.24. The van der Waals surface area contributed by atoms with Crippen molar-refractivity contribution >= 4 is 11.8 Å². The first-order valence-electron chi connectivity index (χ1n) is 6.90. The van der Waals surface area contributed by atoms with Crippen molar-refractivity contribution in [3.63, 3.8) is 0 Å². The minimum Gasteiger partial charge on any atom is -0.313 e. The first kappa shape index (κ1) is 12.5. The zero-order valence-electron chi connectivity index (χ0n) is 10.5. The van der Waals surface area contributed by atoms with Crippen LogP contribution in [0.15, 0.2) is 12.2 Å². The van der Waals surface area contributed by atoms with Crippen molar-refractivity contribution in [1.29, 1.82) is 0 Å². The molecule has 2 heteroatoms. The van der Waals surface area contributed by atoms with Crippen LogP contribution in [0.5, 0.6) is 0 Å². The van der Waals surface area contributed by atoms with Crippen molar-refractivity contribution in [1.82, 2.24) is 5.32 Å². The Kier molecular flexibility index (Phi) is 5.24. The number of rotatable bonds is 5. The summed E-state index contributed by atoms with van der Waals surface area (Å²) >= 11 is 2.16. The molecule has 92 valence electrons. The average molecular weight is 239 g/mol. The number of hydrogen-bond acceptors (Lipinski definition) is 2. The molecule has 16 heavy (non-hydrogen) atoms. The Hall–Kier alpha value is 0.0500. The van der Waals surface area contributed by atoms with E-state index in [4.69, 9.17) is 0 Å². The summed E-state index contributed by atoms with van der Waals surface area (Å²) in [5.74, 6) is 2.17. The van der Waals surface area contributed by atoms with Crippen LogP contribution in [0, 0.1) is 5.92 Å². The van der Waals surface area contributed by atoms with E-state index in [1.165, 1.54) is 50.8 Å². The smallest absolute Gasteiger partial charge is 0.0201 e. The van der Waals surface area contributed by atoms with Gasteiger partial charge in [0.2, 0.25) is 0 Å². The van der Waals surface area contributed by atoms with Crippen molar-refractivity contribution in [3.05, 3.63) is 12.2 Å². The van der Waals surface area contributed by atoms with E-state index in [-0.39, 0.29) is 0 Å². The third-order valence-electron chi connectivity index (χ3n) is 3.88. The second-order valence-corrected chi connectivity index (χ2v) is 6.61. The highest BCUT2D eigenvalue weighted by Crippen LogP contribution is 2.30. The quantitative estimate of drug-likeness (QED) is 0.736. The molecule has 0 saturated heterocycles. The lowest BCUT2D eigenvalue weighted by atomic mass is 9.94. The van der Waals surface area contributed by atoms with E-state index in [0.717, 1.165) is 17.2 Å². The van der Waals surface area contributed by atoms with E-state index in [1.807, 2.05) is 0 Å². The van der Waals surface area contributed by atoms with Crippen molar-refractivity contribution in [2.75, 3.05) is 12.3 Å². The topological polar surface area (TPSA) is 12.0 Å². The summed E-state index contributed by atoms with van der Waals surface area (Å²) in [5.41, 5.74) is 0. The zero-order valence-corrected chi connectivity index (χ0v) is 11.3. The van der Waals surface area contributed by atoms with Gasteiger partial charge in [-0.2, -0.15) is 11.8 Å². The fourth-order valence-corrected chi connectivity index (χ4v) is 4.16. The zero-order chi connectivity index (χ0) is 11.2. The molecule has 0 radical (unpaired) electrons. The number of hydrogen-bond donors (Lipinski definition) is 1. The highest BCUT2D eigenvalue weighted by Gasteiger charge is 2.27. The van der Waals surface area contributed by atoms with E-state index < -0.39 is 0 Å². The Morgan fingerprint density at radius 1 is 1.25 bits per heavy atom. The molecule has 3 atom stereocenters. The molecule has 3 unspecified atom stereocenters. The van der Waals surface area contributed by atoms with Crippen molar-refractivity contribution < 1.29 is 0 Å². The summed E-state index contributed by atoms with van der Waals surface area (Å²) in [6, 6.07) is 0.802. The van der Waals surface area contributed by atoms with E-state index >= 15 is 0 Å². The molecule has 1 nitrogen and oxygen atoms in total. The summed E-state index contributed by atoms with van der Waals surface area (Å²) in [6.45, 7) is 3.53. The van der Waals surface area contributed by atoms with Crippen LogP contribution in [-0.4, -0.2) is 23.6 Å². The molecule has 0 aromatic rings. The van der Waals surface area contributed by atoms with E-state index in [2.05, 4.69) is 36.2 Å². The molecule has 0 amide bonds. The molecule has 2 rings (SSSR count). The fourth-order valence-electron chi connectivity index (χ4n) is 2.93. The third-order valence-corrected chi connectivity index (χ3v) is 5.21.